The topological polar surface area (TPSA) is 3.24 Å². The minimum Gasteiger partial charge on any atom is -0.368 e. The summed E-state index contributed by atoms with van der Waals surface area (Å²) in [5, 5.41) is 0.631. The molecule has 0 heterocycles. The van der Waals surface area contributed by atoms with Crippen molar-refractivity contribution in [1.29, 1.82) is 0 Å². The van der Waals surface area contributed by atoms with E-state index in [0.29, 0.717) is 17.6 Å². The average Bonchev–Trinajstić information content (AvgIpc) is 2.41. The van der Waals surface area contributed by atoms with Crippen LogP contribution in [-0.4, -0.2) is 7.05 Å². The number of hydrogen-bond donors (Lipinski definition) is 0. The van der Waals surface area contributed by atoms with Crippen molar-refractivity contribution in [2.45, 2.75) is 11.9 Å². The van der Waals surface area contributed by atoms with Gasteiger partial charge >= 0.3 is 0 Å². The van der Waals surface area contributed by atoms with Crippen molar-refractivity contribution in [2.75, 3.05) is 11.9 Å². The van der Waals surface area contributed by atoms with Crippen molar-refractivity contribution in [2.24, 2.45) is 0 Å². The van der Waals surface area contributed by atoms with Crippen LogP contribution in [0.2, 0.25) is 0 Å². The molecule has 0 amide bonds. The Labute approximate surface area is 120 Å². The van der Waals surface area contributed by atoms with E-state index in [0.717, 1.165) is 11.1 Å². The summed E-state index contributed by atoms with van der Waals surface area (Å²) in [5.74, 6) is -0.513. The molecule has 0 fully saturated rings. The maximum absolute atomic E-state index is 13.9. The summed E-state index contributed by atoms with van der Waals surface area (Å²) >= 11 is 3.30. The van der Waals surface area contributed by atoms with Gasteiger partial charge in [0, 0.05) is 18.9 Å². The van der Waals surface area contributed by atoms with Gasteiger partial charge in [0.2, 0.25) is 0 Å². The van der Waals surface area contributed by atoms with E-state index in [1.165, 1.54) is 18.2 Å². The van der Waals surface area contributed by atoms with Crippen molar-refractivity contribution >= 4 is 21.6 Å². The Bertz CT molecular complexity index is 555. The Morgan fingerprint density at radius 2 is 1.63 bits per heavy atom. The molecule has 2 aromatic carbocycles. The normalized spacial score (nSPS) is 10.5. The summed E-state index contributed by atoms with van der Waals surface area (Å²) in [7, 11) is 1.82. The first-order valence-corrected chi connectivity index (χ1v) is 7.02. The quantitative estimate of drug-likeness (QED) is 0.748. The molecular formula is C15H14BrF2N. The SMILES string of the molecule is CN(Cc1ccc(F)cc1)c1ccc(CBr)cc1F. The first kappa shape index (κ1) is 14.0. The van der Waals surface area contributed by atoms with Crippen LogP contribution < -0.4 is 4.90 Å². The smallest absolute Gasteiger partial charge is 0.146 e. The predicted octanol–water partition coefficient (Wildman–Crippen LogP) is 4.50. The second kappa shape index (κ2) is 6.15. The van der Waals surface area contributed by atoms with Crippen LogP contribution in [0.4, 0.5) is 14.5 Å². The molecule has 100 valence electrons. The highest BCUT2D eigenvalue weighted by Crippen LogP contribution is 2.22. The van der Waals surface area contributed by atoms with Gasteiger partial charge in [-0.1, -0.05) is 34.1 Å². The van der Waals surface area contributed by atoms with Crippen LogP contribution in [0.25, 0.3) is 0 Å². The Morgan fingerprint density at radius 1 is 1.00 bits per heavy atom. The fourth-order valence-corrected chi connectivity index (χ4v) is 2.24. The number of rotatable bonds is 4. The van der Waals surface area contributed by atoms with Gasteiger partial charge in [-0.2, -0.15) is 0 Å². The highest BCUT2D eigenvalue weighted by Gasteiger charge is 2.08. The lowest BCUT2D eigenvalue weighted by atomic mass is 10.1. The Balaban J connectivity index is 2.15. The van der Waals surface area contributed by atoms with Crippen molar-refractivity contribution in [1.82, 2.24) is 0 Å². The van der Waals surface area contributed by atoms with Crippen molar-refractivity contribution < 1.29 is 8.78 Å². The van der Waals surface area contributed by atoms with Gasteiger partial charge in [0.15, 0.2) is 0 Å². The van der Waals surface area contributed by atoms with E-state index in [1.807, 2.05) is 13.1 Å². The maximum atomic E-state index is 13.9. The molecule has 0 saturated heterocycles. The highest BCUT2D eigenvalue weighted by atomic mass is 79.9. The molecule has 4 heteroatoms. The molecule has 0 aliphatic heterocycles. The van der Waals surface area contributed by atoms with E-state index in [1.54, 1.807) is 23.1 Å². The molecule has 1 nitrogen and oxygen atoms in total. The number of hydrogen-bond acceptors (Lipinski definition) is 1. The standard InChI is InChI=1S/C15H14BrF2N/c1-19(10-11-2-5-13(17)6-3-11)15-7-4-12(9-16)8-14(15)18/h2-8H,9-10H2,1H3. The molecule has 2 rings (SSSR count). The molecule has 0 N–H and O–H groups in total. The van der Waals surface area contributed by atoms with Crippen LogP contribution >= 0.6 is 15.9 Å². The molecule has 0 spiro atoms. The number of anilines is 1. The summed E-state index contributed by atoms with van der Waals surface area (Å²) in [6, 6.07) is 11.4. The molecular weight excluding hydrogens is 312 g/mol. The Hall–Kier alpha value is -1.42. The predicted molar refractivity (Wildman–Crippen MR) is 77.5 cm³/mol. The number of nitrogens with zero attached hydrogens (tertiary/aromatic N) is 1. The molecule has 19 heavy (non-hydrogen) atoms. The van der Waals surface area contributed by atoms with Crippen LogP contribution in [0.3, 0.4) is 0 Å². The van der Waals surface area contributed by atoms with Gasteiger partial charge in [0.1, 0.15) is 11.6 Å². The third kappa shape index (κ3) is 3.53. The fraction of sp³-hybridized carbons (Fsp3) is 0.200. The lowest BCUT2D eigenvalue weighted by molar-refractivity contribution is 0.619. The fourth-order valence-electron chi connectivity index (χ4n) is 1.89. The average molecular weight is 326 g/mol. The van der Waals surface area contributed by atoms with Gasteiger partial charge in [-0.05, 0) is 35.4 Å². The third-order valence-electron chi connectivity index (χ3n) is 2.91. The molecule has 0 radical (unpaired) electrons. The summed E-state index contributed by atoms with van der Waals surface area (Å²) in [5.41, 5.74) is 2.37. The maximum Gasteiger partial charge on any atom is 0.146 e. The summed E-state index contributed by atoms with van der Waals surface area (Å²) < 4.78 is 26.7. The first-order chi connectivity index (χ1) is 9.10. The van der Waals surface area contributed by atoms with Crippen LogP contribution in [0.5, 0.6) is 0 Å². The van der Waals surface area contributed by atoms with Crippen LogP contribution in [0, 0.1) is 11.6 Å². The number of benzene rings is 2. The van der Waals surface area contributed by atoms with Gasteiger partial charge in [-0.25, -0.2) is 8.78 Å². The monoisotopic (exact) mass is 325 g/mol. The molecule has 0 bridgehead atoms. The minimum atomic E-state index is -0.265. The molecule has 0 atom stereocenters. The molecule has 0 unspecified atom stereocenters. The van der Waals surface area contributed by atoms with Crippen molar-refractivity contribution in [3.8, 4) is 0 Å². The van der Waals surface area contributed by atoms with E-state index < -0.39 is 0 Å². The minimum absolute atomic E-state index is 0.249. The van der Waals surface area contributed by atoms with Crippen molar-refractivity contribution in [3.05, 3.63) is 65.2 Å². The van der Waals surface area contributed by atoms with Gasteiger partial charge in [0.25, 0.3) is 0 Å². The Kier molecular flexibility index (Phi) is 4.53. The van der Waals surface area contributed by atoms with Crippen LogP contribution in [0.1, 0.15) is 11.1 Å². The zero-order chi connectivity index (χ0) is 13.8. The van der Waals surface area contributed by atoms with E-state index in [-0.39, 0.29) is 11.6 Å². The number of halogens is 3. The highest BCUT2D eigenvalue weighted by molar-refractivity contribution is 9.08. The molecule has 0 aromatic heterocycles. The van der Waals surface area contributed by atoms with Gasteiger partial charge in [0.05, 0.1) is 5.69 Å². The van der Waals surface area contributed by atoms with E-state index >= 15 is 0 Å². The molecule has 2 aromatic rings. The van der Waals surface area contributed by atoms with Gasteiger partial charge in [-0.15, -0.1) is 0 Å². The van der Waals surface area contributed by atoms with E-state index in [4.69, 9.17) is 0 Å². The van der Waals surface area contributed by atoms with Gasteiger partial charge in [-0.3, -0.25) is 0 Å². The first-order valence-electron chi connectivity index (χ1n) is 5.90. The van der Waals surface area contributed by atoms with E-state index in [9.17, 15) is 8.78 Å². The largest absolute Gasteiger partial charge is 0.368 e. The molecule has 0 aliphatic carbocycles. The molecule has 0 saturated carbocycles. The lowest BCUT2D eigenvalue weighted by Gasteiger charge is -2.20. The lowest BCUT2D eigenvalue weighted by Crippen LogP contribution is -2.17. The van der Waals surface area contributed by atoms with Crippen LogP contribution in [0.15, 0.2) is 42.5 Å². The van der Waals surface area contributed by atoms with E-state index in [2.05, 4.69) is 15.9 Å². The van der Waals surface area contributed by atoms with Crippen molar-refractivity contribution in [3.63, 3.8) is 0 Å². The van der Waals surface area contributed by atoms with Crippen LogP contribution in [-0.2, 0) is 11.9 Å². The van der Waals surface area contributed by atoms with Gasteiger partial charge < -0.3 is 4.90 Å². The summed E-state index contributed by atoms with van der Waals surface area (Å²) in [6.45, 7) is 0.533. The second-order valence-corrected chi connectivity index (χ2v) is 4.96. The Morgan fingerprint density at radius 3 is 2.21 bits per heavy atom. The number of alkyl halides is 1. The summed E-state index contributed by atoms with van der Waals surface area (Å²) in [4.78, 5) is 1.81. The zero-order valence-corrected chi connectivity index (χ0v) is 12.1. The molecule has 0 aliphatic rings. The third-order valence-corrected chi connectivity index (χ3v) is 3.56. The zero-order valence-electron chi connectivity index (χ0n) is 10.5. The second-order valence-electron chi connectivity index (χ2n) is 4.40. The summed E-state index contributed by atoms with van der Waals surface area (Å²) in [6.07, 6.45) is 0.